The number of rotatable bonds is 8. The Morgan fingerprint density at radius 3 is 2.72 bits per heavy atom. The first-order valence-electron chi connectivity index (χ1n) is 6.48. The van der Waals surface area contributed by atoms with Crippen LogP contribution in [0.2, 0.25) is 0 Å². The molecule has 1 aromatic rings. The Balaban J connectivity index is 2.47. The van der Waals surface area contributed by atoms with E-state index in [9.17, 15) is 0 Å². The van der Waals surface area contributed by atoms with Crippen LogP contribution in [0.1, 0.15) is 25.2 Å². The molecular weight excluding hydrogens is 228 g/mol. The van der Waals surface area contributed by atoms with E-state index in [0.717, 1.165) is 24.5 Å². The first-order valence-corrected chi connectivity index (χ1v) is 6.48. The predicted octanol–water partition coefficient (Wildman–Crippen LogP) is 1.61. The summed E-state index contributed by atoms with van der Waals surface area (Å²) in [7, 11) is 0. The van der Waals surface area contributed by atoms with Crippen LogP contribution < -0.4 is 0 Å². The van der Waals surface area contributed by atoms with Gasteiger partial charge in [0, 0.05) is 24.8 Å². The van der Waals surface area contributed by atoms with Crippen LogP contribution >= 0.6 is 0 Å². The van der Waals surface area contributed by atoms with Gasteiger partial charge in [-0.15, -0.1) is 0 Å². The van der Waals surface area contributed by atoms with E-state index >= 15 is 0 Å². The molecule has 0 spiro atoms. The zero-order chi connectivity index (χ0) is 13.4. The minimum absolute atomic E-state index is 0.0844. The van der Waals surface area contributed by atoms with Crippen LogP contribution in [0.15, 0.2) is 18.2 Å². The van der Waals surface area contributed by atoms with Gasteiger partial charge in [0.05, 0.1) is 25.5 Å². The zero-order valence-corrected chi connectivity index (χ0v) is 11.6. The van der Waals surface area contributed by atoms with E-state index in [0.29, 0.717) is 19.3 Å². The number of aliphatic hydroxyl groups is 1. The SMILES string of the molecule is Cc1cccc(CN(CCOCCO)C(C)C)n1. The van der Waals surface area contributed by atoms with Gasteiger partial charge in [-0.3, -0.25) is 9.88 Å². The van der Waals surface area contributed by atoms with E-state index in [4.69, 9.17) is 9.84 Å². The van der Waals surface area contributed by atoms with Crippen molar-refractivity contribution < 1.29 is 9.84 Å². The number of aromatic nitrogens is 1. The largest absolute Gasteiger partial charge is 0.394 e. The van der Waals surface area contributed by atoms with Gasteiger partial charge in [-0.05, 0) is 32.9 Å². The van der Waals surface area contributed by atoms with Crippen LogP contribution in [0.3, 0.4) is 0 Å². The van der Waals surface area contributed by atoms with Crippen molar-refractivity contribution >= 4 is 0 Å². The molecule has 0 aliphatic rings. The number of hydrogen-bond acceptors (Lipinski definition) is 4. The van der Waals surface area contributed by atoms with Crippen LogP contribution in [0.5, 0.6) is 0 Å². The molecule has 0 aliphatic carbocycles. The van der Waals surface area contributed by atoms with Gasteiger partial charge in [0.2, 0.25) is 0 Å². The minimum Gasteiger partial charge on any atom is -0.394 e. The highest BCUT2D eigenvalue weighted by Gasteiger charge is 2.10. The van der Waals surface area contributed by atoms with Crippen LogP contribution in [0.4, 0.5) is 0 Å². The third-order valence-corrected chi connectivity index (χ3v) is 2.80. The molecule has 4 nitrogen and oxygen atoms in total. The zero-order valence-electron chi connectivity index (χ0n) is 11.6. The van der Waals surface area contributed by atoms with E-state index in [-0.39, 0.29) is 6.61 Å². The van der Waals surface area contributed by atoms with E-state index in [1.807, 2.05) is 19.1 Å². The molecule has 0 aromatic carbocycles. The number of aliphatic hydroxyl groups excluding tert-OH is 1. The van der Waals surface area contributed by atoms with Gasteiger partial charge < -0.3 is 9.84 Å². The molecule has 0 aliphatic heterocycles. The first kappa shape index (κ1) is 15.1. The fourth-order valence-corrected chi connectivity index (χ4v) is 1.76. The quantitative estimate of drug-likeness (QED) is 0.714. The maximum Gasteiger partial charge on any atom is 0.0698 e. The molecule has 1 heterocycles. The Morgan fingerprint density at radius 1 is 1.33 bits per heavy atom. The molecule has 0 saturated carbocycles. The summed E-state index contributed by atoms with van der Waals surface area (Å²) in [5.74, 6) is 0. The van der Waals surface area contributed by atoms with Gasteiger partial charge in [0.25, 0.3) is 0 Å². The van der Waals surface area contributed by atoms with Crippen molar-refractivity contribution in [3.8, 4) is 0 Å². The third-order valence-electron chi connectivity index (χ3n) is 2.80. The molecule has 0 unspecified atom stereocenters. The minimum atomic E-state index is 0.0844. The third kappa shape index (κ3) is 5.58. The molecule has 1 N–H and O–H groups in total. The summed E-state index contributed by atoms with van der Waals surface area (Å²) < 4.78 is 5.31. The Labute approximate surface area is 110 Å². The van der Waals surface area contributed by atoms with Gasteiger partial charge >= 0.3 is 0 Å². The van der Waals surface area contributed by atoms with Crippen molar-refractivity contribution in [3.05, 3.63) is 29.6 Å². The second-order valence-electron chi connectivity index (χ2n) is 4.67. The molecule has 1 rings (SSSR count). The van der Waals surface area contributed by atoms with Gasteiger partial charge in [0.15, 0.2) is 0 Å². The highest BCUT2D eigenvalue weighted by Crippen LogP contribution is 2.06. The van der Waals surface area contributed by atoms with Gasteiger partial charge in [-0.2, -0.15) is 0 Å². The molecule has 102 valence electrons. The summed E-state index contributed by atoms with van der Waals surface area (Å²) in [6.45, 7) is 9.17. The van der Waals surface area contributed by atoms with Crippen LogP contribution in [-0.4, -0.2) is 47.4 Å². The topological polar surface area (TPSA) is 45.6 Å². The molecule has 0 radical (unpaired) electrons. The highest BCUT2D eigenvalue weighted by atomic mass is 16.5. The molecule has 4 heteroatoms. The maximum atomic E-state index is 8.66. The molecule has 0 fully saturated rings. The van der Waals surface area contributed by atoms with Gasteiger partial charge in [0.1, 0.15) is 0 Å². The van der Waals surface area contributed by atoms with Crippen molar-refractivity contribution in [1.82, 2.24) is 9.88 Å². The second kappa shape index (κ2) is 8.19. The smallest absolute Gasteiger partial charge is 0.0698 e. The lowest BCUT2D eigenvalue weighted by atomic mass is 10.2. The fourth-order valence-electron chi connectivity index (χ4n) is 1.76. The highest BCUT2D eigenvalue weighted by molar-refractivity contribution is 5.09. The number of ether oxygens (including phenoxy) is 1. The van der Waals surface area contributed by atoms with Crippen molar-refractivity contribution in [2.45, 2.75) is 33.4 Å². The lowest BCUT2D eigenvalue weighted by Gasteiger charge is -2.26. The first-order chi connectivity index (χ1) is 8.63. The lowest BCUT2D eigenvalue weighted by Crippen LogP contribution is -2.34. The van der Waals surface area contributed by atoms with E-state index in [1.54, 1.807) is 0 Å². The summed E-state index contributed by atoms with van der Waals surface area (Å²) in [4.78, 5) is 6.84. The molecule has 18 heavy (non-hydrogen) atoms. The molecular formula is C14H24N2O2. The van der Waals surface area contributed by atoms with Crippen LogP contribution in [0, 0.1) is 6.92 Å². The average molecular weight is 252 g/mol. The fraction of sp³-hybridized carbons (Fsp3) is 0.643. The normalized spacial score (nSPS) is 11.4. The Kier molecular flexibility index (Phi) is 6.86. The van der Waals surface area contributed by atoms with Crippen molar-refractivity contribution in [2.75, 3.05) is 26.4 Å². The van der Waals surface area contributed by atoms with Crippen LogP contribution in [-0.2, 0) is 11.3 Å². The molecule has 0 amide bonds. The molecule has 0 bridgehead atoms. The summed E-state index contributed by atoms with van der Waals surface area (Å²) in [6, 6.07) is 6.55. The lowest BCUT2D eigenvalue weighted by molar-refractivity contribution is 0.0643. The van der Waals surface area contributed by atoms with E-state index < -0.39 is 0 Å². The summed E-state index contributed by atoms with van der Waals surface area (Å²) in [6.07, 6.45) is 0. The number of aryl methyl sites for hydroxylation is 1. The summed E-state index contributed by atoms with van der Waals surface area (Å²) in [5, 5.41) is 8.66. The summed E-state index contributed by atoms with van der Waals surface area (Å²) in [5.41, 5.74) is 2.14. The number of pyridine rings is 1. The number of nitrogens with zero attached hydrogens (tertiary/aromatic N) is 2. The Hall–Kier alpha value is -0.970. The van der Waals surface area contributed by atoms with Gasteiger partial charge in [-0.25, -0.2) is 0 Å². The number of hydrogen-bond donors (Lipinski definition) is 1. The Morgan fingerprint density at radius 2 is 2.11 bits per heavy atom. The maximum absolute atomic E-state index is 8.66. The predicted molar refractivity (Wildman–Crippen MR) is 72.4 cm³/mol. The van der Waals surface area contributed by atoms with E-state index in [2.05, 4.69) is 29.8 Å². The Bertz CT molecular complexity index is 342. The molecule has 1 aromatic heterocycles. The van der Waals surface area contributed by atoms with Crippen molar-refractivity contribution in [3.63, 3.8) is 0 Å². The van der Waals surface area contributed by atoms with Crippen LogP contribution in [0.25, 0.3) is 0 Å². The van der Waals surface area contributed by atoms with Crippen molar-refractivity contribution in [1.29, 1.82) is 0 Å². The molecule has 0 atom stereocenters. The second-order valence-corrected chi connectivity index (χ2v) is 4.67. The molecule has 0 saturated heterocycles. The monoisotopic (exact) mass is 252 g/mol. The average Bonchev–Trinajstić information content (AvgIpc) is 2.33. The standard InChI is InChI=1S/C14H24N2O2/c1-12(2)16(7-9-18-10-8-17)11-14-6-4-5-13(3)15-14/h4-6,12,17H,7-11H2,1-3H3. The van der Waals surface area contributed by atoms with Gasteiger partial charge in [-0.1, -0.05) is 6.07 Å². The van der Waals surface area contributed by atoms with Crippen molar-refractivity contribution in [2.24, 2.45) is 0 Å². The van der Waals surface area contributed by atoms with E-state index in [1.165, 1.54) is 0 Å². The summed E-state index contributed by atoms with van der Waals surface area (Å²) >= 11 is 0.